The van der Waals surface area contributed by atoms with E-state index in [0.717, 1.165) is 30.6 Å². The highest BCUT2D eigenvalue weighted by Crippen LogP contribution is 2.27. The molecule has 0 spiro atoms. The lowest BCUT2D eigenvalue weighted by Gasteiger charge is -2.19. The van der Waals surface area contributed by atoms with Crippen LogP contribution in [0.2, 0.25) is 0 Å². The van der Waals surface area contributed by atoms with Crippen molar-refractivity contribution in [2.24, 2.45) is 0 Å². The summed E-state index contributed by atoms with van der Waals surface area (Å²) in [5.74, 6) is 0. The molecule has 0 fully saturated rings. The Balaban J connectivity index is 2.62. The molecule has 0 atom stereocenters. The van der Waals surface area contributed by atoms with Crippen LogP contribution in [0.3, 0.4) is 0 Å². The first kappa shape index (κ1) is 9.52. The van der Waals surface area contributed by atoms with Crippen molar-refractivity contribution in [1.29, 1.82) is 0 Å². The van der Waals surface area contributed by atoms with Crippen LogP contribution in [-0.4, -0.2) is 21.2 Å². The molecule has 1 aliphatic rings. The van der Waals surface area contributed by atoms with E-state index in [-0.39, 0.29) is 0 Å². The minimum atomic E-state index is -3.08. The summed E-state index contributed by atoms with van der Waals surface area (Å²) in [6, 6.07) is 5.40. The highest BCUT2D eigenvalue weighted by molar-refractivity contribution is 7.90. The van der Waals surface area contributed by atoms with Gasteiger partial charge in [-0.15, -0.1) is 0 Å². The lowest BCUT2D eigenvalue weighted by Crippen LogP contribution is -2.14. The lowest BCUT2D eigenvalue weighted by molar-refractivity contribution is 0.600. The largest absolute Gasteiger partial charge is 0.385 e. The number of hydrogen-bond donors (Lipinski definition) is 1. The topological polar surface area (TPSA) is 46.2 Å². The van der Waals surface area contributed by atoms with Crippen LogP contribution < -0.4 is 5.32 Å². The van der Waals surface area contributed by atoms with Crippen molar-refractivity contribution in [2.75, 3.05) is 18.1 Å². The molecule has 76 valence electrons. The molecule has 0 saturated heterocycles. The molecule has 0 bridgehead atoms. The normalized spacial score (nSPS) is 15.8. The Bertz CT molecular complexity index is 451. The highest BCUT2D eigenvalue weighted by Gasteiger charge is 2.18. The van der Waals surface area contributed by atoms with Gasteiger partial charge in [0.2, 0.25) is 0 Å². The van der Waals surface area contributed by atoms with Crippen LogP contribution in [0.15, 0.2) is 23.1 Å². The van der Waals surface area contributed by atoms with Gasteiger partial charge in [0.1, 0.15) is 0 Å². The number of benzene rings is 1. The molecule has 0 radical (unpaired) electrons. The molecule has 1 N–H and O–H groups in total. The van der Waals surface area contributed by atoms with Crippen LogP contribution in [0.25, 0.3) is 0 Å². The molecule has 0 unspecified atom stereocenters. The number of fused-ring (bicyclic) bond motifs is 1. The fourth-order valence-corrected chi connectivity index (χ4v) is 2.81. The van der Waals surface area contributed by atoms with Gasteiger partial charge in [0.05, 0.1) is 4.90 Å². The third-order valence-electron chi connectivity index (χ3n) is 2.45. The van der Waals surface area contributed by atoms with Gasteiger partial charge < -0.3 is 5.32 Å². The Kier molecular flexibility index (Phi) is 2.23. The Morgan fingerprint density at radius 1 is 1.36 bits per heavy atom. The SMILES string of the molecule is CS(=O)(=O)c1cccc2c1CCCN2. The smallest absolute Gasteiger partial charge is 0.175 e. The van der Waals surface area contributed by atoms with Crippen LogP contribution in [0, 0.1) is 0 Å². The minimum absolute atomic E-state index is 0.474. The van der Waals surface area contributed by atoms with Gasteiger partial charge in [-0.25, -0.2) is 8.42 Å². The molecular formula is C10H13NO2S. The van der Waals surface area contributed by atoms with Crippen LogP contribution in [0.5, 0.6) is 0 Å². The summed E-state index contributed by atoms with van der Waals surface area (Å²) >= 11 is 0. The average molecular weight is 211 g/mol. The van der Waals surface area contributed by atoms with Gasteiger partial charge in [0.15, 0.2) is 9.84 Å². The summed E-state index contributed by atoms with van der Waals surface area (Å²) in [6.07, 6.45) is 3.11. The van der Waals surface area contributed by atoms with Crippen LogP contribution in [-0.2, 0) is 16.3 Å². The van der Waals surface area contributed by atoms with E-state index in [9.17, 15) is 8.42 Å². The Labute approximate surface area is 84.1 Å². The van der Waals surface area contributed by atoms with Gasteiger partial charge in [0, 0.05) is 18.5 Å². The maximum absolute atomic E-state index is 11.5. The van der Waals surface area contributed by atoms with Gasteiger partial charge >= 0.3 is 0 Å². The minimum Gasteiger partial charge on any atom is -0.385 e. The summed E-state index contributed by atoms with van der Waals surface area (Å²) < 4.78 is 23.0. The summed E-state index contributed by atoms with van der Waals surface area (Å²) in [7, 11) is -3.08. The van der Waals surface area contributed by atoms with Gasteiger partial charge in [-0.3, -0.25) is 0 Å². The van der Waals surface area contributed by atoms with E-state index < -0.39 is 9.84 Å². The second-order valence-corrected chi connectivity index (χ2v) is 5.57. The highest BCUT2D eigenvalue weighted by atomic mass is 32.2. The summed E-state index contributed by atoms with van der Waals surface area (Å²) in [4.78, 5) is 0.474. The molecule has 1 aliphatic heterocycles. The van der Waals surface area contributed by atoms with E-state index in [1.165, 1.54) is 6.26 Å². The van der Waals surface area contributed by atoms with Crippen molar-refractivity contribution in [3.8, 4) is 0 Å². The van der Waals surface area contributed by atoms with Gasteiger partial charge in [0.25, 0.3) is 0 Å². The fourth-order valence-electron chi connectivity index (χ4n) is 1.82. The third-order valence-corrected chi connectivity index (χ3v) is 3.63. The van der Waals surface area contributed by atoms with E-state index in [4.69, 9.17) is 0 Å². The van der Waals surface area contributed by atoms with Gasteiger partial charge in [-0.1, -0.05) is 6.07 Å². The number of nitrogens with one attached hydrogen (secondary N) is 1. The van der Waals surface area contributed by atoms with E-state index in [1.54, 1.807) is 12.1 Å². The Hall–Kier alpha value is -1.03. The number of anilines is 1. The first-order valence-electron chi connectivity index (χ1n) is 4.65. The summed E-state index contributed by atoms with van der Waals surface area (Å²) in [5, 5.41) is 3.21. The molecule has 1 aromatic rings. The Morgan fingerprint density at radius 3 is 2.86 bits per heavy atom. The molecule has 14 heavy (non-hydrogen) atoms. The average Bonchev–Trinajstić information content (AvgIpc) is 2.15. The second-order valence-electron chi connectivity index (χ2n) is 3.58. The standard InChI is InChI=1S/C10H13NO2S/c1-14(12,13)10-6-2-5-9-8(10)4-3-7-11-9/h2,5-6,11H,3-4,7H2,1H3. The maximum atomic E-state index is 11.5. The molecule has 0 aromatic heterocycles. The zero-order chi connectivity index (χ0) is 10.2. The predicted octanol–water partition coefficient (Wildman–Crippen LogP) is 1.45. The Morgan fingerprint density at radius 2 is 2.14 bits per heavy atom. The van der Waals surface area contributed by atoms with Crippen molar-refractivity contribution >= 4 is 15.5 Å². The zero-order valence-corrected chi connectivity index (χ0v) is 8.89. The van der Waals surface area contributed by atoms with Crippen molar-refractivity contribution in [1.82, 2.24) is 0 Å². The van der Waals surface area contributed by atoms with Gasteiger partial charge in [-0.05, 0) is 30.5 Å². The van der Waals surface area contributed by atoms with Crippen molar-refractivity contribution in [3.63, 3.8) is 0 Å². The van der Waals surface area contributed by atoms with Crippen molar-refractivity contribution in [2.45, 2.75) is 17.7 Å². The van der Waals surface area contributed by atoms with E-state index in [0.29, 0.717) is 4.90 Å². The van der Waals surface area contributed by atoms with E-state index in [1.807, 2.05) is 6.07 Å². The van der Waals surface area contributed by atoms with E-state index >= 15 is 0 Å². The first-order valence-corrected chi connectivity index (χ1v) is 6.54. The molecule has 2 rings (SSSR count). The number of sulfone groups is 1. The molecule has 1 aromatic carbocycles. The van der Waals surface area contributed by atoms with Crippen molar-refractivity contribution in [3.05, 3.63) is 23.8 Å². The van der Waals surface area contributed by atoms with E-state index in [2.05, 4.69) is 5.32 Å². The van der Waals surface area contributed by atoms with Crippen molar-refractivity contribution < 1.29 is 8.42 Å². The zero-order valence-electron chi connectivity index (χ0n) is 8.08. The lowest BCUT2D eigenvalue weighted by atomic mass is 10.0. The quantitative estimate of drug-likeness (QED) is 0.764. The molecule has 0 saturated carbocycles. The monoisotopic (exact) mass is 211 g/mol. The molecule has 1 heterocycles. The molecular weight excluding hydrogens is 198 g/mol. The first-order chi connectivity index (χ1) is 6.59. The van der Waals surface area contributed by atoms with Crippen LogP contribution in [0.1, 0.15) is 12.0 Å². The maximum Gasteiger partial charge on any atom is 0.175 e. The van der Waals surface area contributed by atoms with Crippen LogP contribution in [0.4, 0.5) is 5.69 Å². The van der Waals surface area contributed by atoms with Crippen LogP contribution >= 0.6 is 0 Å². The van der Waals surface area contributed by atoms with Gasteiger partial charge in [-0.2, -0.15) is 0 Å². The fraction of sp³-hybridized carbons (Fsp3) is 0.400. The molecule has 0 amide bonds. The summed E-state index contributed by atoms with van der Waals surface area (Å²) in [6.45, 7) is 0.931. The third kappa shape index (κ3) is 1.62. The molecule has 4 heteroatoms. The predicted molar refractivity (Wildman–Crippen MR) is 56.4 cm³/mol. The molecule has 0 aliphatic carbocycles. The number of hydrogen-bond acceptors (Lipinski definition) is 3. The summed E-state index contributed by atoms with van der Waals surface area (Å²) in [5.41, 5.74) is 1.92. The second kappa shape index (κ2) is 3.28. The number of rotatable bonds is 1. The molecule has 3 nitrogen and oxygen atoms in total.